The van der Waals surface area contributed by atoms with Gasteiger partial charge in [0.15, 0.2) is 0 Å². The lowest BCUT2D eigenvalue weighted by Crippen LogP contribution is -2.39. The molecule has 0 unspecified atom stereocenters. The van der Waals surface area contributed by atoms with Crippen LogP contribution in [0, 0.1) is 0 Å². The molecule has 5 heterocycles. The fraction of sp³-hybridized carbons (Fsp3) is 0.600. The lowest BCUT2D eigenvalue weighted by molar-refractivity contribution is -0.142. The molecule has 1 saturated carbocycles. The van der Waals surface area contributed by atoms with Crippen molar-refractivity contribution in [1.29, 1.82) is 0 Å². The summed E-state index contributed by atoms with van der Waals surface area (Å²) in [5.41, 5.74) is -0.672. The topological polar surface area (TPSA) is 129 Å². The van der Waals surface area contributed by atoms with Crippen molar-refractivity contribution in [2.45, 2.75) is 62.8 Å². The Kier molecular flexibility index (Phi) is 7.06. The van der Waals surface area contributed by atoms with E-state index >= 15 is 0 Å². The number of anilines is 1. The zero-order chi connectivity index (χ0) is 27.9. The number of halogens is 3. The van der Waals surface area contributed by atoms with Gasteiger partial charge in [0.25, 0.3) is 11.7 Å². The largest absolute Gasteiger partial charge is 0.480 e. The first-order valence-electron chi connectivity index (χ1n) is 13.3. The number of carbonyl (C=O) groups excluding carboxylic acids is 1. The quantitative estimate of drug-likeness (QED) is 0.459. The number of ether oxygens (including phenoxy) is 3. The van der Waals surface area contributed by atoms with Crippen LogP contribution in [0.25, 0.3) is 5.78 Å². The summed E-state index contributed by atoms with van der Waals surface area (Å²) in [6.45, 7) is 1.82. The molecule has 40 heavy (non-hydrogen) atoms. The lowest BCUT2D eigenvalue weighted by atomic mass is 9.85. The van der Waals surface area contributed by atoms with Gasteiger partial charge in [-0.3, -0.25) is 9.20 Å². The van der Waals surface area contributed by atoms with Crippen molar-refractivity contribution >= 4 is 17.6 Å². The molecule has 214 valence electrons. The van der Waals surface area contributed by atoms with E-state index in [-0.39, 0.29) is 42.9 Å². The van der Waals surface area contributed by atoms with E-state index in [1.165, 1.54) is 7.11 Å². The van der Waals surface area contributed by atoms with Crippen molar-refractivity contribution in [1.82, 2.24) is 34.4 Å². The molecular weight excluding hydrogens is 533 g/mol. The van der Waals surface area contributed by atoms with Crippen LogP contribution < -0.4 is 14.8 Å². The fourth-order valence-corrected chi connectivity index (χ4v) is 5.40. The maximum atomic E-state index is 13.5. The zero-order valence-electron chi connectivity index (χ0n) is 21.9. The Balaban J connectivity index is 1.22. The van der Waals surface area contributed by atoms with Crippen LogP contribution in [0.4, 0.5) is 19.1 Å². The van der Waals surface area contributed by atoms with Crippen molar-refractivity contribution in [3.63, 3.8) is 0 Å². The standard InChI is InChI=1S/C25H29F3N8O4/c1-38-20-17(22(37)35-7-2-3-8-35)11-36-19(33-34-24(36)32-20)14-5-4-6-15(9-14)30-23-29-10-18(25(26,27)28)21(31-23)40-16-12-39-13-16/h10-11,14-16H,2-9,12-13H2,1H3,(H,29,30,31)/t14-,15+/m0/s1. The number of alkyl halides is 3. The summed E-state index contributed by atoms with van der Waals surface area (Å²) in [6.07, 6.45) is 2.29. The average Bonchev–Trinajstić information content (AvgIpc) is 3.59. The van der Waals surface area contributed by atoms with Gasteiger partial charge in [-0.15, -0.1) is 10.2 Å². The van der Waals surface area contributed by atoms with Gasteiger partial charge in [-0.05, 0) is 32.1 Å². The molecule has 3 fully saturated rings. The molecule has 0 aromatic carbocycles. The number of nitrogens with one attached hydrogen (secondary N) is 1. The highest BCUT2D eigenvalue weighted by molar-refractivity contribution is 5.96. The summed E-state index contributed by atoms with van der Waals surface area (Å²) < 4.78 is 58.1. The highest BCUT2D eigenvalue weighted by Crippen LogP contribution is 2.37. The normalized spacial score (nSPS) is 21.9. The van der Waals surface area contributed by atoms with Crippen LogP contribution in [-0.2, 0) is 10.9 Å². The number of hydrogen-bond acceptors (Lipinski definition) is 10. The van der Waals surface area contributed by atoms with E-state index in [0.717, 1.165) is 38.3 Å². The summed E-state index contributed by atoms with van der Waals surface area (Å²) in [7, 11) is 1.47. The Hall–Kier alpha value is -3.75. The van der Waals surface area contributed by atoms with E-state index < -0.39 is 23.7 Å². The van der Waals surface area contributed by atoms with Crippen LogP contribution >= 0.6 is 0 Å². The number of nitrogens with zero attached hydrogens (tertiary/aromatic N) is 7. The molecule has 2 aliphatic heterocycles. The molecule has 3 aromatic rings. The third-order valence-electron chi connectivity index (χ3n) is 7.53. The first-order chi connectivity index (χ1) is 19.3. The van der Waals surface area contributed by atoms with Crippen molar-refractivity contribution in [3.05, 3.63) is 29.3 Å². The summed E-state index contributed by atoms with van der Waals surface area (Å²) >= 11 is 0. The molecular formula is C25H29F3N8O4. The van der Waals surface area contributed by atoms with Gasteiger partial charge in [0.1, 0.15) is 23.1 Å². The highest BCUT2D eigenvalue weighted by atomic mass is 19.4. The predicted octanol–water partition coefficient (Wildman–Crippen LogP) is 3.09. The molecule has 1 amide bonds. The van der Waals surface area contributed by atoms with E-state index in [2.05, 4.69) is 30.5 Å². The number of fused-ring (bicyclic) bond motifs is 1. The van der Waals surface area contributed by atoms with Crippen molar-refractivity contribution in [2.24, 2.45) is 0 Å². The van der Waals surface area contributed by atoms with Crippen LogP contribution in [0.2, 0.25) is 0 Å². The first kappa shape index (κ1) is 26.5. The van der Waals surface area contributed by atoms with E-state index in [1.807, 2.05) is 0 Å². The average molecular weight is 563 g/mol. The molecule has 2 atom stereocenters. The fourth-order valence-electron chi connectivity index (χ4n) is 5.40. The predicted molar refractivity (Wildman–Crippen MR) is 133 cm³/mol. The molecule has 3 aliphatic rings. The van der Waals surface area contributed by atoms with Crippen LogP contribution in [-0.4, -0.2) is 85.9 Å². The van der Waals surface area contributed by atoms with Gasteiger partial charge in [-0.1, -0.05) is 6.42 Å². The van der Waals surface area contributed by atoms with Gasteiger partial charge in [0.2, 0.25) is 17.7 Å². The summed E-state index contributed by atoms with van der Waals surface area (Å²) in [5.74, 6) is 0.565. The van der Waals surface area contributed by atoms with Gasteiger partial charge in [0, 0.05) is 37.4 Å². The molecule has 0 radical (unpaired) electrons. The van der Waals surface area contributed by atoms with Gasteiger partial charge in [-0.25, -0.2) is 4.98 Å². The van der Waals surface area contributed by atoms with Gasteiger partial charge in [-0.2, -0.15) is 23.1 Å². The second kappa shape index (κ2) is 10.7. The number of likely N-dealkylation sites (tertiary alicyclic amines) is 1. The van der Waals surface area contributed by atoms with Crippen LogP contribution in [0.1, 0.15) is 66.2 Å². The minimum Gasteiger partial charge on any atom is -0.480 e. The summed E-state index contributed by atoms with van der Waals surface area (Å²) in [5, 5.41) is 11.8. The molecule has 1 aliphatic carbocycles. The molecule has 6 rings (SSSR count). The number of methoxy groups -OCH3 is 1. The van der Waals surface area contributed by atoms with Crippen LogP contribution in [0.5, 0.6) is 11.8 Å². The van der Waals surface area contributed by atoms with E-state index in [4.69, 9.17) is 14.2 Å². The number of rotatable bonds is 7. The number of amides is 1. The third kappa shape index (κ3) is 5.21. The number of aromatic nitrogens is 6. The summed E-state index contributed by atoms with van der Waals surface area (Å²) in [6, 6.07) is -0.125. The SMILES string of the molecule is COc1nc2nnc([C@H]3CCC[C@@H](Nc4ncc(C(F)(F)F)c(OC5COC5)n4)C3)n2cc1C(=O)N1CCCC1. The third-order valence-corrected chi connectivity index (χ3v) is 7.53. The van der Waals surface area contributed by atoms with E-state index in [0.29, 0.717) is 36.7 Å². The monoisotopic (exact) mass is 562 g/mol. The maximum Gasteiger partial charge on any atom is 0.423 e. The molecule has 0 bridgehead atoms. The minimum absolute atomic E-state index is 0.0384. The first-order valence-corrected chi connectivity index (χ1v) is 13.3. The Morgan fingerprint density at radius 2 is 1.90 bits per heavy atom. The van der Waals surface area contributed by atoms with Gasteiger partial charge < -0.3 is 24.4 Å². The van der Waals surface area contributed by atoms with Crippen LogP contribution in [0.15, 0.2) is 12.4 Å². The number of carbonyl (C=O) groups is 1. The highest BCUT2D eigenvalue weighted by Gasteiger charge is 2.38. The Morgan fingerprint density at radius 3 is 2.60 bits per heavy atom. The molecule has 0 spiro atoms. The zero-order valence-corrected chi connectivity index (χ0v) is 21.9. The van der Waals surface area contributed by atoms with Gasteiger partial charge in [0.05, 0.1) is 20.3 Å². The van der Waals surface area contributed by atoms with Gasteiger partial charge >= 0.3 is 6.18 Å². The molecule has 12 nitrogen and oxygen atoms in total. The molecule has 3 aromatic heterocycles. The van der Waals surface area contributed by atoms with Crippen molar-refractivity contribution in [3.8, 4) is 11.8 Å². The molecule has 2 saturated heterocycles. The van der Waals surface area contributed by atoms with Crippen molar-refractivity contribution < 1.29 is 32.2 Å². The van der Waals surface area contributed by atoms with Crippen molar-refractivity contribution in [2.75, 3.05) is 38.7 Å². The Bertz CT molecular complexity index is 1390. The van der Waals surface area contributed by atoms with E-state index in [9.17, 15) is 18.0 Å². The Labute approximate surface area is 227 Å². The number of hydrogen-bond donors (Lipinski definition) is 1. The summed E-state index contributed by atoms with van der Waals surface area (Å²) in [4.78, 5) is 27.4. The minimum atomic E-state index is -4.64. The molecule has 15 heteroatoms. The smallest absolute Gasteiger partial charge is 0.423 e. The maximum absolute atomic E-state index is 13.5. The second-order valence-corrected chi connectivity index (χ2v) is 10.3. The van der Waals surface area contributed by atoms with E-state index in [1.54, 1.807) is 15.5 Å². The van der Waals surface area contributed by atoms with Crippen LogP contribution in [0.3, 0.4) is 0 Å². The Morgan fingerprint density at radius 1 is 1.10 bits per heavy atom. The second-order valence-electron chi connectivity index (χ2n) is 10.3. The lowest BCUT2D eigenvalue weighted by Gasteiger charge is -2.30. The molecule has 1 N–H and O–H groups in total.